The van der Waals surface area contributed by atoms with Crippen molar-refractivity contribution in [1.29, 1.82) is 0 Å². The van der Waals surface area contributed by atoms with E-state index < -0.39 is 0 Å². The smallest absolute Gasteiger partial charge is 0.321 e. The van der Waals surface area contributed by atoms with Crippen LogP contribution < -0.4 is 15.4 Å². The van der Waals surface area contributed by atoms with E-state index in [1.807, 2.05) is 17.0 Å². The second-order valence-corrected chi connectivity index (χ2v) is 8.02. The van der Waals surface area contributed by atoms with E-state index in [0.29, 0.717) is 0 Å². The number of carbonyl (C=O) groups excluding carboxylic acids is 1. The summed E-state index contributed by atoms with van der Waals surface area (Å²) >= 11 is 0. The van der Waals surface area contributed by atoms with Gasteiger partial charge in [0.15, 0.2) is 0 Å². The van der Waals surface area contributed by atoms with Crippen molar-refractivity contribution < 1.29 is 9.53 Å². The third kappa shape index (κ3) is 6.64. The Kier molecular flexibility index (Phi) is 8.40. The van der Waals surface area contributed by atoms with E-state index in [0.717, 1.165) is 69.4 Å². The molecule has 4 rings (SSSR count). The number of hydrogen-bond acceptors (Lipinski definition) is 3. The summed E-state index contributed by atoms with van der Waals surface area (Å²) in [5.41, 5.74) is 3.57. The van der Waals surface area contributed by atoms with Gasteiger partial charge in [-0.3, -0.25) is 0 Å². The Balaban J connectivity index is 0.00000256. The summed E-state index contributed by atoms with van der Waals surface area (Å²) < 4.78 is 5.93. The molecular weight excluding hydrogens is 398 g/mol. The van der Waals surface area contributed by atoms with Crippen LogP contribution in [-0.2, 0) is 6.42 Å². The minimum Gasteiger partial charge on any atom is -0.494 e. The molecule has 2 N–H and O–H groups in total. The third-order valence-corrected chi connectivity index (χ3v) is 5.64. The molecule has 162 valence electrons. The number of amides is 2. The topological polar surface area (TPSA) is 53.6 Å². The lowest BCUT2D eigenvalue weighted by molar-refractivity contribution is 0.204. The lowest BCUT2D eigenvalue weighted by Gasteiger charge is -2.27. The van der Waals surface area contributed by atoms with Gasteiger partial charge < -0.3 is 20.3 Å². The van der Waals surface area contributed by atoms with E-state index in [2.05, 4.69) is 47.0 Å². The highest BCUT2D eigenvalue weighted by molar-refractivity contribution is 5.89. The molecule has 1 heterocycles. The fourth-order valence-electron chi connectivity index (χ4n) is 3.72. The normalized spacial score (nSPS) is 15.9. The van der Waals surface area contributed by atoms with Gasteiger partial charge >= 0.3 is 6.03 Å². The lowest BCUT2D eigenvalue weighted by atomic mass is 10.1. The summed E-state index contributed by atoms with van der Waals surface area (Å²) in [6, 6.07) is 16.8. The molecule has 0 aromatic heterocycles. The summed E-state index contributed by atoms with van der Waals surface area (Å²) in [7, 11) is 0. The average molecular weight is 430 g/mol. The van der Waals surface area contributed by atoms with Gasteiger partial charge in [-0.15, -0.1) is 12.4 Å². The minimum atomic E-state index is -0.0119. The molecule has 0 atom stereocenters. The predicted octanol–water partition coefficient (Wildman–Crippen LogP) is 4.82. The molecular formula is C24H32ClN3O2. The molecule has 2 aromatic carbocycles. The molecule has 5 nitrogen and oxygen atoms in total. The molecule has 1 saturated heterocycles. The molecule has 0 radical (unpaired) electrons. The van der Waals surface area contributed by atoms with Crippen LogP contribution >= 0.6 is 12.4 Å². The Morgan fingerprint density at radius 2 is 1.83 bits per heavy atom. The largest absolute Gasteiger partial charge is 0.494 e. The number of piperazine rings is 1. The quantitative estimate of drug-likeness (QED) is 0.591. The maximum Gasteiger partial charge on any atom is 0.321 e. The second-order valence-electron chi connectivity index (χ2n) is 8.02. The molecule has 2 fully saturated rings. The van der Waals surface area contributed by atoms with Crippen molar-refractivity contribution in [3.05, 3.63) is 59.7 Å². The summed E-state index contributed by atoms with van der Waals surface area (Å²) in [6.45, 7) is 4.00. The van der Waals surface area contributed by atoms with E-state index in [1.54, 1.807) is 0 Å². The molecule has 1 saturated carbocycles. The molecule has 1 aliphatic heterocycles. The monoisotopic (exact) mass is 429 g/mol. The fourth-order valence-corrected chi connectivity index (χ4v) is 3.72. The molecule has 2 amide bonds. The number of ether oxygens (including phenoxy) is 1. The molecule has 2 aliphatic rings. The molecule has 0 bridgehead atoms. The summed E-state index contributed by atoms with van der Waals surface area (Å²) in [5, 5.41) is 6.25. The van der Waals surface area contributed by atoms with E-state index in [1.165, 1.54) is 24.0 Å². The van der Waals surface area contributed by atoms with E-state index in [-0.39, 0.29) is 18.4 Å². The van der Waals surface area contributed by atoms with E-state index >= 15 is 0 Å². The van der Waals surface area contributed by atoms with Crippen molar-refractivity contribution in [2.75, 3.05) is 38.1 Å². The molecule has 6 heteroatoms. The van der Waals surface area contributed by atoms with Crippen LogP contribution in [0, 0.1) is 0 Å². The zero-order chi connectivity index (χ0) is 19.9. The molecule has 1 aliphatic carbocycles. The number of anilines is 1. The van der Waals surface area contributed by atoms with Crippen LogP contribution in [0.4, 0.5) is 10.5 Å². The van der Waals surface area contributed by atoms with Gasteiger partial charge in [-0.2, -0.15) is 0 Å². The van der Waals surface area contributed by atoms with Crippen molar-refractivity contribution in [3.8, 4) is 5.75 Å². The third-order valence-electron chi connectivity index (χ3n) is 5.64. The Morgan fingerprint density at radius 1 is 1.07 bits per heavy atom. The minimum absolute atomic E-state index is 0. The van der Waals surface area contributed by atoms with Gasteiger partial charge in [-0.1, -0.05) is 24.3 Å². The van der Waals surface area contributed by atoms with Crippen LogP contribution in [-0.4, -0.2) is 43.7 Å². The number of nitrogens with one attached hydrogen (secondary N) is 2. The maximum atomic E-state index is 12.2. The maximum absolute atomic E-state index is 12.2. The molecule has 2 aromatic rings. The predicted molar refractivity (Wildman–Crippen MR) is 124 cm³/mol. The summed E-state index contributed by atoms with van der Waals surface area (Å²) in [6.07, 6.45) is 5.80. The van der Waals surface area contributed by atoms with Gasteiger partial charge in [0, 0.05) is 31.9 Å². The second kappa shape index (κ2) is 11.2. The number of urea groups is 1. The SMILES string of the molecule is Cl.O=C(Nc1ccc(CCCCOc2cccc(C3CC3)c2)cc1)N1CCNCC1. The van der Waals surface area contributed by atoms with Crippen LogP contribution in [0.25, 0.3) is 0 Å². The van der Waals surface area contributed by atoms with Crippen molar-refractivity contribution >= 4 is 24.1 Å². The summed E-state index contributed by atoms with van der Waals surface area (Å²) in [4.78, 5) is 14.1. The highest BCUT2D eigenvalue weighted by Gasteiger charge is 2.23. The van der Waals surface area contributed by atoms with Crippen LogP contribution in [0.1, 0.15) is 42.7 Å². The highest BCUT2D eigenvalue weighted by atomic mass is 35.5. The van der Waals surface area contributed by atoms with Gasteiger partial charge in [0.1, 0.15) is 5.75 Å². The Hall–Kier alpha value is -2.24. The number of nitrogens with zero attached hydrogens (tertiary/aromatic N) is 1. The first kappa shape index (κ1) is 22.4. The standard InChI is InChI=1S/C24H31N3O2.ClH/c28-24(27-15-13-25-14-16-27)26-22-11-7-19(8-12-22)4-1-2-17-29-23-6-3-5-21(18-23)20-9-10-20;/h3,5-8,11-12,18,20,25H,1-2,4,9-10,13-17H2,(H,26,28);1H. The molecule has 30 heavy (non-hydrogen) atoms. The van der Waals surface area contributed by atoms with Gasteiger partial charge in [-0.05, 0) is 73.4 Å². The number of benzene rings is 2. The van der Waals surface area contributed by atoms with Crippen LogP contribution in [0.3, 0.4) is 0 Å². The zero-order valence-corrected chi connectivity index (χ0v) is 18.3. The van der Waals surface area contributed by atoms with Crippen LogP contribution in [0.5, 0.6) is 5.75 Å². The first-order chi connectivity index (χ1) is 14.3. The van der Waals surface area contributed by atoms with Crippen molar-refractivity contribution in [2.45, 2.75) is 38.0 Å². The van der Waals surface area contributed by atoms with Gasteiger partial charge in [0.2, 0.25) is 0 Å². The van der Waals surface area contributed by atoms with Gasteiger partial charge in [0.05, 0.1) is 6.61 Å². The number of unbranched alkanes of at least 4 members (excludes halogenated alkanes) is 1. The van der Waals surface area contributed by atoms with Crippen molar-refractivity contribution in [1.82, 2.24) is 10.2 Å². The lowest BCUT2D eigenvalue weighted by Crippen LogP contribution is -2.48. The highest BCUT2D eigenvalue weighted by Crippen LogP contribution is 2.40. The number of hydrogen-bond donors (Lipinski definition) is 2. The van der Waals surface area contributed by atoms with Crippen LogP contribution in [0.15, 0.2) is 48.5 Å². The first-order valence-electron chi connectivity index (χ1n) is 10.9. The van der Waals surface area contributed by atoms with Crippen LogP contribution in [0.2, 0.25) is 0 Å². The molecule has 0 unspecified atom stereocenters. The Bertz CT molecular complexity index is 802. The van der Waals surface area contributed by atoms with E-state index in [9.17, 15) is 4.79 Å². The van der Waals surface area contributed by atoms with Gasteiger partial charge in [0.25, 0.3) is 0 Å². The number of carbonyl (C=O) groups is 1. The van der Waals surface area contributed by atoms with Crippen molar-refractivity contribution in [2.24, 2.45) is 0 Å². The number of halogens is 1. The fraction of sp³-hybridized carbons (Fsp3) is 0.458. The number of aryl methyl sites for hydroxylation is 1. The summed E-state index contributed by atoms with van der Waals surface area (Å²) in [5.74, 6) is 1.77. The Labute approximate surface area is 185 Å². The van der Waals surface area contributed by atoms with E-state index in [4.69, 9.17) is 4.74 Å². The Morgan fingerprint density at radius 3 is 2.57 bits per heavy atom. The molecule has 0 spiro atoms. The van der Waals surface area contributed by atoms with Crippen molar-refractivity contribution in [3.63, 3.8) is 0 Å². The zero-order valence-electron chi connectivity index (χ0n) is 17.4. The first-order valence-corrected chi connectivity index (χ1v) is 10.9. The van der Waals surface area contributed by atoms with Gasteiger partial charge in [-0.25, -0.2) is 4.79 Å². The average Bonchev–Trinajstić information content (AvgIpc) is 3.61. The number of rotatable bonds is 8.